The Morgan fingerprint density at radius 1 is 1.18 bits per heavy atom. The fourth-order valence-electron chi connectivity index (χ4n) is 4.11. The second kappa shape index (κ2) is 8.44. The van der Waals surface area contributed by atoms with E-state index in [0.717, 1.165) is 4.90 Å². The van der Waals surface area contributed by atoms with Gasteiger partial charge in [-0.1, -0.05) is 18.2 Å². The van der Waals surface area contributed by atoms with Crippen molar-refractivity contribution in [2.75, 3.05) is 18.4 Å². The van der Waals surface area contributed by atoms with E-state index in [2.05, 4.69) is 20.3 Å². The molecule has 0 bridgehead atoms. The molecule has 1 N–H and O–H groups in total. The molecule has 1 aliphatic rings. The summed E-state index contributed by atoms with van der Waals surface area (Å²) in [5.74, 6) is -4.52. The molecule has 4 aromatic rings. The average Bonchev–Trinajstić information content (AvgIpc) is 3.38. The smallest absolute Gasteiger partial charge is 0.295 e. The van der Waals surface area contributed by atoms with Crippen molar-refractivity contribution in [1.29, 1.82) is 0 Å². The average molecular weight is 467 g/mol. The topological polar surface area (TPSA) is 84.2 Å². The van der Waals surface area contributed by atoms with Crippen LogP contribution in [-0.2, 0) is 0 Å². The second-order valence-electron chi connectivity index (χ2n) is 8.08. The zero-order valence-corrected chi connectivity index (χ0v) is 18.1. The van der Waals surface area contributed by atoms with Crippen LogP contribution in [0.2, 0.25) is 0 Å². The SMILES string of the molecule is Cc1ccc(C(=O)N2CCC(F)(F)[C@H]2CNc2nc3ccccc3o2)c(-c2ncccn2)c1F. The lowest BCUT2D eigenvalue weighted by atomic mass is 10.0. The van der Waals surface area contributed by atoms with Crippen LogP contribution in [0, 0.1) is 12.7 Å². The van der Waals surface area contributed by atoms with Gasteiger partial charge in [0.15, 0.2) is 11.4 Å². The number of para-hydroxylation sites is 2. The van der Waals surface area contributed by atoms with E-state index in [1.54, 1.807) is 37.3 Å². The lowest BCUT2D eigenvalue weighted by Crippen LogP contribution is -2.47. The number of hydrogen-bond acceptors (Lipinski definition) is 6. The number of nitrogens with one attached hydrogen (secondary N) is 1. The van der Waals surface area contributed by atoms with Gasteiger partial charge in [0.25, 0.3) is 17.8 Å². The van der Waals surface area contributed by atoms with E-state index in [9.17, 15) is 13.6 Å². The molecule has 1 aliphatic heterocycles. The Labute approximate surface area is 192 Å². The Hall–Kier alpha value is -3.95. The van der Waals surface area contributed by atoms with Gasteiger partial charge in [0.1, 0.15) is 17.4 Å². The molecule has 0 saturated carbocycles. The first-order chi connectivity index (χ1) is 16.3. The first-order valence-electron chi connectivity index (χ1n) is 10.7. The molecule has 3 heterocycles. The molecule has 174 valence electrons. The molecular formula is C24H20F3N5O2. The van der Waals surface area contributed by atoms with Crippen LogP contribution in [0.25, 0.3) is 22.5 Å². The van der Waals surface area contributed by atoms with E-state index < -0.39 is 30.1 Å². The maximum atomic E-state index is 15.1. The highest BCUT2D eigenvalue weighted by Crippen LogP contribution is 2.37. The lowest BCUT2D eigenvalue weighted by Gasteiger charge is -2.28. The summed E-state index contributed by atoms with van der Waals surface area (Å²) < 4.78 is 50.3. The highest BCUT2D eigenvalue weighted by molar-refractivity contribution is 6.01. The lowest BCUT2D eigenvalue weighted by molar-refractivity contribution is -0.0249. The highest BCUT2D eigenvalue weighted by atomic mass is 19.3. The number of carbonyl (C=O) groups excluding carboxylic acids is 1. The van der Waals surface area contributed by atoms with Gasteiger partial charge in [-0.15, -0.1) is 0 Å². The van der Waals surface area contributed by atoms with Crippen LogP contribution >= 0.6 is 0 Å². The number of fused-ring (bicyclic) bond motifs is 1. The highest BCUT2D eigenvalue weighted by Gasteiger charge is 2.51. The Morgan fingerprint density at radius 3 is 2.71 bits per heavy atom. The molecule has 0 unspecified atom stereocenters. The number of hydrogen-bond donors (Lipinski definition) is 1. The molecule has 34 heavy (non-hydrogen) atoms. The maximum Gasteiger partial charge on any atom is 0.295 e. The van der Waals surface area contributed by atoms with Gasteiger partial charge in [0, 0.05) is 31.9 Å². The van der Waals surface area contributed by atoms with Gasteiger partial charge < -0.3 is 14.6 Å². The molecule has 1 atom stereocenters. The Morgan fingerprint density at radius 2 is 1.94 bits per heavy atom. The van der Waals surface area contributed by atoms with Crippen molar-refractivity contribution in [2.24, 2.45) is 0 Å². The number of halogens is 3. The number of anilines is 1. The van der Waals surface area contributed by atoms with Gasteiger partial charge in [-0.2, -0.15) is 4.98 Å². The quantitative estimate of drug-likeness (QED) is 0.458. The van der Waals surface area contributed by atoms with Crippen LogP contribution in [0.15, 0.2) is 59.3 Å². The molecule has 10 heteroatoms. The van der Waals surface area contributed by atoms with Crippen molar-refractivity contribution in [3.8, 4) is 11.4 Å². The molecule has 7 nitrogen and oxygen atoms in total. The van der Waals surface area contributed by atoms with Crippen molar-refractivity contribution in [3.05, 3.63) is 71.8 Å². The maximum absolute atomic E-state index is 15.1. The van der Waals surface area contributed by atoms with E-state index in [1.165, 1.54) is 24.5 Å². The summed E-state index contributed by atoms with van der Waals surface area (Å²) >= 11 is 0. The second-order valence-corrected chi connectivity index (χ2v) is 8.08. The number of nitrogens with zero attached hydrogens (tertiary/aromatic N) is 4. The number of likely N-dealkylation sites (tertiary alicyclic amines) is 1. The summed E-state index contributed by atoms with van der Waals surface area (Å²) in [5, 5.41) is 2.78. The van der Waals surface area contributed by atoms with E-state index in [-0.39, 0.29) is 36.1 Å². The molecule has 1 amide bonds. The third-order valence-corrected chi connectivity index (χ3v) is 5.91. The van der Waals surface area contributed by atoms with Crippen molar-refractivity contribution in [3.63, 3.8) is 0 Å². The summed E-state index contributed by atoms with van der Waals surface area (Å²) in [4.78, 5) is 26.9. The van der Waals surface area contributed by atoms with Crippen LogP contribution in [0.3, 0.4) is 0 Å². The minimum Gasteiger partial charge on any atom is -0.424 e. The standard InChI is InChI=1S/C24H20F3N5O2/c1-14-7-8-15(19(20(14)25)21-28-10-4-11-29-21)22(33)32-12-9-24(26,27)18(32)13-30-23-31-16-5-2-3-6-17(16)34-23/h2-8,10-11,18H,9,12-13H2,1H3,(H,30,31)/t18-/m1/s1. The monoisotopic (exact) mass is 467 g/mol. The Bertz CT molecular complexity index is 1330. The predicted molar refractivity (Wildman–Crippen MR) is 119 cm³/mol. The van der Waals surface area contributed by atoms with Crippen LogP contribution in [0.1, 0.15) is 22.3 Å². The summed E-state index contributed by atoms with van der Waals surface area (Å²) in [6.07, 6.45) is 2.34. The summed E-state index contributed by atoms with van der Waals surface area (Å²) in [6.45, 7) is 1.07. The van der Waals surface area contributed by atoms with Crippen LogP contribution in [-0.4, -0.2) is 50.8 Å². The minimum atomic E-state index is -3.15. The predicted octanol–water partition coefficient (Wildman–Crippen LogP) is 4.69. The van der Waals surface area contributed by atoms with Gasteiger partial charge in [-0.25, -0.2) is 23.1 Å². The van der Waals surface area contributed by atoms with Crippen molar-refractivity contribution in [1.82, 2.24) is 19.9 Å². The molecule has 0 aliphatic carbocycles. The van der Waals surface area contributed by atoms with Crippen molar-refractivity contribution in [2.45, 2.75) is 25.3 Å². The fourth-order valence-corrected chi connectivity index (χ4v) is 4.11. The van der Waals surface area contributed by atoms with Crippen LogP contribution < -0.4 is 5.32 Å². The van der Waals surface area contributed by atoms with E-state index in [1.807, 2.05) is 0 Å². The molecule has 5 rings (SSSR count). The first-order valence-corrected chi connectivity index (χ1v) is 10.7. The minimum absolute atomic E-state index is 0.0131. The Balaban J connectivity index is 1.45. The third kappa shape index (κ3) is 3.85. The number of amides is 1. The van der Waals surface area contributed by atoms with Crippen molar-refractivity contribution >= 4 is 23.0 Å². The van der Waals surface area contributed by atoms with Crippen LogP contribution in [0.5, 0.6) is 0 Å². The summed E-state index contributed by atoms with van der Waals surface area (Å²) in [6, 6.07) is 10.0. The number of rotatable bonds is 5. The fraction of sp³-hybridized carbons (Fsp3) is 0.250. The number of benzene rings is 2. The molecule has 1 fully saturated rings. The van der Waals surface area contributed by atoms with E-state index >= 15 is 4.39 Å². The number of aromatic nitrogens is 3. The molecule has 0 spiro atoms. The molecule has 2 aromatic carbocycles. The Kier molecular flexibility index (Phi) is 5.43. The van der Waals surface area contributed by atoms with E-state index in [0.29, 0.717) is 16.7 Å². The summed E-state index contributed by atoms with van der Waals surface area (Å²) in [7, 11) is 0. The molecule has 2 aromatic heterocycles. The third-order valence-electron chi connectivity index (χ3n) is 5.91. The number of oxazole rings is 1. The zero-order chi connectivity index (χ0) is 23.9. The first kappa shape index (κ1) is 21.9. The largest absolute Gasteiger partial charge is 0.424 e. The zero-order valence-electron chi connectivity index (χ0n) is 18.1. The van der Waals surface area contributed by atoms with Gasteiger partial charge in [-0.05, 0) is 36.8 Å². The molecule has 0 radical (unpaired) electrons. The number of carbonyl (C=O) groups is 1. The number of alkyl halides is 2. The van der Waals surface area contributed by atoms with Gasteiger partial charge in [0.2, 0.25) is 0 Å². The van der Waals surface area contributed by atoms with Gasteiger partial charge in [-0.3, -0.25) is 4.79 Å². The number of aryl methyl sites for hydroxylation is 1. The van der Waals surface area contributed by atoms with Gasteiger partial charge >= 0.3 is 0 Å². The van der Waals surface area contributed by atoms with E-state index in [4.69, 9.17) is 4.42 Å². The molecular weight excluding hydrogens is 447 g/mol. The van der Waals surface area contributed by atoms with Crippen LogP contribution in [0.4, 0.5) is 19.2 Å². The molecule has 1 saturated heterocycles. The normalized spacial score (nSPS) is 17.3. The summed E-state index contributed by atoms with van der Waals surface area (Å²) in [5.41, 5.74) is 1.21. The van der Waals surface area contributed by atoms with Crippen molar-refractivity contribution < 1.29 is 22.4 Å². The van der Waals surface area contributed by atoms with Gasteiger partial charge in [0.05, 0.1) is 11.1 Å².